The van der Waals surface area contributed by atoms with E-state index >= 15 is 0 Å². The van der Waals surface area contributed by atoms with Crippen molar-refractivity contribution in [3.8, 4) is 0 Å². The fraction of sp³-hybridized carbons (Fsp3) is 0.688. The average molecular weight is 309 g/mol. The molecule has 0 amide bonds. The molecule has 2 aliphatic heterocycles. The van der Waals surface area contributed by atoms with Gasteiger partial charge in [-0.15, -0.1) is 0 Å². The van der Waals surface area contributed by atoms with Gasteiger partial charge in [0.1, 0.15) is 0 Å². The molecule has 1 aromatic rings. The number of piperidine rings is 1. The van der Waals surface area contributed by atoms with E-state index in [-0.39, 0.29) is 0 Å². The lowest BCUT2D eigenvalue weighted by atomic mass is 10.0. The van der Waals surface area contributed by atoms with E-state index < -0.39 is 0 Å². The Morgan fingerprint density at radius 2 is 2.00 bits per heavy atom. The highest BCUT2D eigenvalue weighted by Gasteiger charge is 2.24. The molecule has 0 aliphatic carbocycles. The smallest absolute Gasteiger partial charge is 0.0822 e. The maximum Gasteiger partial charge on any atom is 0.0822 e. The van der Waals surface area contributed by atoms with Crippen LogP contribution < -0.4 is 4.90 Å². The van der Waals surface area contributed by atoms with E-state index in [0.717, 1.165) is 42.9 Å². The Morgan fingerprint density at radius 1 is 1.19 bits per heavy atom. The zero-order chi connectivity index (χ0) is 14.7. The Morgan fingerprint density at radius 3 is 2.71 bits per heavy atom. The molecule has 21 heavy (non-hydrogen) atoms. The van der Waals surface area contributed by atoms with Crippen molar-refractivity contribution < 1.29 is 0 Å². The van der Waals surface area contributed by atoms with E-state index in [1.165, 1.54) is 32.4 Å². The molecule has 2 saturated heterocycles. The zero-order valence-electron chi connectivity index (χ0n) is 12.8. The molecule has 0 saturated carbocycles. The van der Waals surface area contributed by atoms with Crippen LogP contribution >= 0.6 is 11.6 Å². The molecular weight excluding hydrogens is 284 g/mol. The van der Waals surface area contributed by atoms with Gasteiger partial charge in [-0.1, -0.05) is 18.0 Å². The van der Waals surface area contributed by atoms with Crippen molar-refractivity contribution in [2.75, 3.05) is 51.2 Å². The Labute approximate surface area is 132 Å². The number of pyridine rings is 1. The van der Waals surface area contributed by atoms with Gasteiger partial charge in [0.2, 0.25) is 0 Å². The molecule has 0 unspecified atom stereocenters. The maximum absolute atomic E-state index is 6.24. The number of hydrogen-bond acceptors (Lipinski definition) is 4. The Hall–Kier alpha value is -0.840. The van der Waals surface area contributed by atoms with Gasteiger partial charge in [-0.3, -0.25) is 9.88 Å². The molecule has 0 aromatic carbocycles. The van der Waals surface area contributed by atoms with E-state index in [4.69, 9.17) is 11.6 Å². The predicted molar refractivity (Wildman–Crippen MR) is 88.2 cm³/mol. The van der Waals surface area contributed by atoms with Crippen molar-refractivity contribution in [2.45, 2.75) is 25.3 Å². The van der Waals surface area contributed by atoms with Crippen LogP contribution in [-0.2, 0) is 0 Å². The highest BCUT2D eigenvalue weighted by atomic mass is 35.5. The van der Waals surface area contributed by atoms with Crippen LogP contribution in [0.1, 0.15) is 19.3 Å². The third-order valence-corrected chi connectivity index (χ3v) is 5.15. The van der Waals surface area contributed by atoms with Gasteiger partial charge in [0.25, 0.3) is 0 Å². The van der Waals surface area contributed by atoms with Gasteiger partial charge in [-0.25, -0.2) is 0 Å². The van der Waals surface area contributed by atoms with E-state index in [1.54, 1.807) is 6.20 Å². The summed E-state index contributed by atoms with van der Waals surface area (Å²) in [6, 6.07) is 2.77. The number of likely N-dealkylation sites (N-methyl/N-ethyl adjacent to an activating group) is 1. The number of likely N-dealkylation sites (tertiary alicyclic amines) is 1. The van der Waals surface area contributed by atoms with Gasteiger partial charge < -0.3 is 9.80 Å². The first-order valence-corrected chi connectivity index (χ1v) is 8.39. The first-order valence-electron chi connectivity index (χ1n) is 8.01. The third-order valence-electron chi connectivity index (χ3n) is 4.85. The number of halogens is 1. The Kier molecular flexibility index (Phi) is 4.99. The average Bonchev–Trinajstić information content (AvgIpc) is 2.51. The maximum atomic E-state index is 6.24. The summed E-state index contributed by atoms with van der Waals surface area (Å²) in [5.41, 5.74) is 1.13. The molecule has 2 fully saturated rings. The van der Waals surface area contributed by atoms with Gasteiger partial charge >= 0.3 is 0 Å². The summed E-state index contributed by atoms with van der Waals surface area (Å²) >= 11 is 6.24. The third kappa shape index (κ3) is 3.68. The standard InChI is InChI=1S/C16H25ClN4/c1-19-7-3-2-4-14(19)13-20-8-10-21(11-9-20)16-5-6-18-12-15(16)17/h5-6,12,14H,2-4,7-11,13H2,1H3/t14-/m0/s1. The SMILES string of the molecule is CN1CCCC[C@H]1CN1CCN(c2ccncc2Cl)CC1. The molecular formula is C16H25ClN4. The van der Waals surface area contributed by atoms with Crippen molar-refractivity contribution in [3.05, 3.63) is 23.5 Å². The molecule has 5 heteroatoms. The lowest BCUT2D eigenvalue weighted by molar-refractivity contribution is 0.125. The quantitative estimate of drug-likeness (QED) is 0.855. The summed E-state index contributed by atoms with van der Waals surface area (Å²) in [4.78, 5) is 11.6. The van der Waals surface area contributed by atoms with E-state index in [1.807, 2.05) is 12.3 Å². The van der Waals surface area contributed by atoms with Gasteiger partial charge in [0, 0.05) is 51.2 Å². The number of rotatable bonds is 3. The second-order valence-electron chi connectivity index (χ2n) is 6.24. The van der Waals surface area contributed by atoms with Crippen LogP contribution in [0.4, 0.5) is 5.69 Å². The number of anilines is 1. The largest absolute Gasteiger partial charge is 0.368 e. The molecule has 116 valence electrons. The van der Waals surface area contributed by atoms with E-state index in [2.05, 4.69) is 26.7 Å². The minimum Gasteiger partial charge on any atom is -0.368 e. The lowest BCUT2D eigenvalue weighted by Gasteiger charge is -2.41. The number of nitrogens with zero attached hydrogens (tertiary/aromatic N) is 4. The summed E-state index contributed by atoms with van der Waals surface area (Å²) in [5.74, 6) is 0. The normalized spacial score (nSPS) is 25.2. The first kappa shape index (κ1) is 15.1. The van der Waals surface area contributed by atoms with Crippen LogP contribution in [0.2, 0.25) is 5.02 Å². The number of piperazine rings is 1. The Bertz CT molecular complexity index is 459. The minimum absolute atomic E-state index is 0.745. The molecule has 0 bridgehead atoms. The molecule has 0 spiro atoms. The van der Waals surface area contributed by atoms with Crippen LogP contribution in [0.15, 0.2) is 18.5 Å². The number of hydrogen-bond donors (Lipinski definition) is 0. The predicted octanol–water partition coefficient (Wildman–Crippen LogP) is 2.34. The molecule has 3 rings (SSSR count). The molecule has 1 atom stereocenters. The van der Waals surface area contributed by atoms with Crippen LogP contribution in [-0.4, -0.2) is 67.1 Å². The summed E-state index contributed by atoms with van der Waals surface area (Å²) in [6.07, 6.45) is 7.67. The topological polar surface area (TPSA) is 22.6 Å². The summed E-state index contributed by atoms with van der Waals surface area (Å²) in [5, 5.41) is 0.762. The fourth-order valence-corrected chi connectivity index (χ4v) is 3.71. The summed E-state index contributed by atoms with van der Waals surface area (Å²) in [6.45, 7) is 6.85. The van der Waals surface area contributed by atoms with Gasteiger partial charge in [0.05, 0.1) is 10.7 Å². The first-order chi connectivity index (χ1) is 10.2. The minimum atomic E-state index is 0.745. The van der Waals surface area contributed by atoms with Crippen molar-refractivity contribution in [2.24, 2.45) is 0 Å². The van der Waals surface area contributed by atoms with E-state index in [9.17, 15) is 0 Å². The van der Waals surface area contributed by atoms with Crippen LogP contribution in [0, 0.1) is 0 Å². The van der Waals surface area contributed by atoms with Crippen molar-refractivity contribution in [1.82, 2.24) is 14.8 Å². The summed E-state index contributed by atoms with van der Waals surface area (Å²) in [7, 11) is 2.27. The Balaban J connectivity index is 1.52. The van der Waals surface area contributed by atoms with Gasteiger partial charge in [0.15, 0.2) is 0 Å². The molecule has 0 N–H and O–H groups in total. The van der Waals surface area contributed by atoms with Crippen LogP contribution in [0.25, 0.3) is 0 Å². The second kappa shape index (κ2) is 6.95. The highest BCUT2D eigenvalue weighted by Crippen LogP contribution is 2.25. The molecule has 4 nitrogen and oxygen atoms in total. The van der Waals surface area contributed by atoms with Crippen molar-refractivity contribution >= 4 is 17.3 Å². The van der Waals surface area contributed by atoms with E-state index in [0.29, 0.717) is 0 Å². The van der Waals surface area contributed by atoms with Crippen molar-refractivity contribution in [3.63, 3.8) is 0 Å². The molecule has 0 radical (unpaired) electrons. The van der Waals surface area contributed by atoms with Gasteiger partial charge in [-0.2, -0.15) is 0 Å². The fourth-order valence-electron chi connectivity index (χ4n) is 3.47. The molecule has 2 aliphatic rings. The van der Waals surface area contributed by atoms with Crippen molar-refractivity contribution in [1.29, 1.82) is 0 Å². The lowest BCUT2D eigenvalue weighted by Crippen LogP contribution is -2.52. The second-order valence-corrected chi connectivity index (χ2v) is 6.65. The molecule has 3 heterocycles. The summed E-state index contributed by atoms with van der Waals surface area (Å²) < 4.78 is 0. The van der Waals surface area contributed by atoms with Crippen LogP contribution in [0.5, 0.6) is 0 Å². The van der Waals surface area contributed by atoms with Gasteiger partial charge in [-0.05, 0) is 32.5 Å². The highest BCUT2D eigenvalue weighted by molar-refractivity contribution is 6.33. The van der Waals surface area contributed by atoms with Crippen LogP contribution in [0.3, 0.4) is 0 Å². The monoisotopic (exact) mass is 308 g/mol. The molecule has 1 aromatic heterocycles. The zero-order valence-corrected chi connectivity index (χ0v) is 13.6. The number of aromatic nitrogens is 1.